The predicted octanol–water partition coefficient (Wildman–Crippen LogP) is 3.07. The van der Waals surface area contributed by atoms with Gasteiger partial charge in [0, 0.05) is 12.0 Å². The Labute approximate surface area is 112 Å². The van der Waals surface area contributed by atoms with Gasteiger partial charge in [-0.3, -0.25) is 0 Å². The van der Waals surface area contributed by atoms with E-state index in [0.717, 1.165) is 29.2 Å². The quantitative estimate of drug-likeness (QED) is 0.921. The molecule has 1 aromatic heterocycles. The van der Waals surface area contributed by atoms with Gasteiger partial charge < -0.3 is 14.9 Å². The molecule has 3 rings (SSSR count). The summed E-state index contributed by atoms with van der Waals surface area (Å²) in [4.78, 5) is 4.64. The zero-order chi connectivity index (χ0) is 13.2. The summed E-state index contributed by atoms with van der Waals surface area (Å²) in [7, 11) is 1.66. The molecule has 102 valence electrons. The summed E-state index contributed by atoms with van der Waals surface area (Å²) in [5.41, 5.74) is 7.58. The van der Waals surface area contributed by atoms with Crippen molar-refractivity contribution in [1.29, 1.82) is 0 Å². The normalized spacial score (nSPS) is 23.7. The predicted molar refractivity (Wildman–Crippen MR) is 74.3 cm³/mol. The first kappa shape index (κ1) is 12.5. The van der Waals surface area contributed by atoms with Crippen LogP contribution in [0.2, 0.25) is 0 Å². The molecule has 0 bridgehead atoms. The number of fused-ring (bicyclic) bond motifs is 1. The third-order valence-corrected chi connectivity index (χ3v) is 4.14. The third kappa shape index (κ3) is 2.32. The summed E-state index contributed by atoms with van der Waals surface area (Å²) < 4.78 is 11.1. The van der Waals surface area contributed by atoms with Gasteiger partial charge in [-0.25, -0.2) is 4.98 Å². The van der Waals surface area contributed by atoms with Crippen LogP contribution in [0.5, 0.6) is 5.75 Å². The van der Waals surface area contributed by atoms with E-state index >= 15 is 0 Å². The summed E-state index contributed by atoms with van der Waals surface area (Å²) in [6.07, 6.45) is 4.82. The monoisotopic (exact) mass is 260 g/mol. The van der Waals surface area contributed by atoms with Crippen LogP contribution in [0.1, 0.15) is 37.5 Å². The van der Waals surface area contributed by atoms with Crippen molar-refractivity contribution in [3.63, 3.8) is 0 Å². The van der Waals surface area contributed by atoms with Crippen LogP contribution < -0.4 is 10.5 Å². The SMILES string of the molecule is COc1ccc2oc(C3CCCCC3CN)nc2c1. The van der Waals surface area contributed by atoms with Crippen LogP contribution in [-0.2, 0) is 0 Å². The number of oxazole rings is 1. The number of aromatic nitrogens is 1. The van der Waals surface area contributed by atoms with E-state index in [1.165, 1.54) is 19.3 Å². The lowest BCUT2D eigenvalue weighted by Gasteiger charge is -2.27. The Hall–Kier alpha value is -1.55. The second-order valence-electron chi connectivity index (χ2n) is 5.27. The van der Waals surface area contributed by atoms with Crippen molar-refractivity contribution in [3.05, 3.63) is 24.1 Å². The molecule has 1 fully saturated rings. The molecule has 0 aliphatic heterocycles. The van der Waals surface area contributed by atoms with Crippen LogP contribution in [0, 0.1) is 5.92 Å². The van der Waals surface area contributed by atoms with Gasteiger partial charge in [0.15, 0.2) is 11.5 Å². The Balaban J connectivity index is 1.95. The maximum absolute atomic E-state index is 5.92. The Bertz CT molecular complexity index is 564. The topological polar surface area (TPSA) is 61.3 Å². The summed E-state index contributed by atoms with van der Waals surface area (Å²) in [5.74, 6) is 2.53. The molecule has 4 heteroatoms. The average molecular weight is 260 g/mol. The van der Waals surface area contributed by atoms with Gasteiger partial charge in [-0.1, -0.05) is 12.8 Å². The van der Waals surface area contributed by atoms with E-state index in [1.54, 1.807) is 7.11 Å². The van der Waals surface area contributed by atoms with Gasteiger partial charge in [-0.05, 0) is 37.4 Å². The first-order valence-electron chi connectivity index (χ1n) is 6.96. The van der Waals surface area contributed by atoms with Gasteiger partial charge in [0.25, 0.3) is 0 Å². The van der Waals surface area contributed by atoms with Gasteiger partial charge in [0.1, 0.15) is 11.3 Å². The summed E-state index contributed by atoms with van der Waals surface area (Å²) in [5, 5.41) is 0. The molecule has 4 nitrogen and oxygen atoms in total. The van der Waals surface area contributed by atoms with Crippen LogP contribution in [0.25, 0.3) is 11.1 Å². The van der Waals surface area contributed by atoms with Crippen LogP contribution in [0.3, 0.4) is 0 Å². The van der Waals surface area contributed by atoms with E-state index < -0.39 is 0 Å². The van der Waals surface area contributed by atoms with Crippen molar-refractivity contribution in [2.24, 2.45) is 11.7 Å². The lowest BCUT2D eigenvalue weighted by molar-refractivity contribution is 0.275. The van der Waals surface area contributed by atoms with Gasteiger partial charge in [-0.15, -0.1) is 0 Å². The molecule has 0 amide bonds. The number of nitrogens with two attached hydrogens (primary N) is 1. The molecule has 19 heavy (non-hydrogen) atoms. The maximum atomic E-state index is 5.92. The van der Waals surface area contributed by atoms with Gasteiger partial charge >= 0.3 is 0 Å². The summed E-state index contributed by atoms with van der Waals surface area (Å²) >= 11 is 0. The molecule has 0 spiro atoms. The van der Waals surface area contributed by atoms with Crippen LogP contribution in [0.4, 0.5) is 0 Å². The highest BCUT2D eigenvalue weighted by Gasteiger charge is 2.29. The zero-order valence-electron chi connectivity index (χ0n) is 11.3. The molecule has 2 unspecified atom stereocenters. The fourth-order valence-corrected chi connectivity index (χ4v) is 3.03. The Kier molecular flexibility index (Phi) is 3.42. The van der Waals surface area contributed by atoms with Crippen LogP contribution in [-0.4, -0.2) is 18.6 Å². The minimum Gasteiger partial charge on any atom is -0.497 e. The molecule has 1 aliphatic carbocycles. The van der Waals surface area contributed by atoms with Crippen molar-refractivity contribution < 1.29 is 9.15 Å². The molecule has 2 aromatic rings. The number of ether oxygens (including phenoxy) is 1. The lowest BCUT2D eigenvalue weighted by Crippen LogP contribution is -2.25. The molecule has 1 aromatic carbocycles. The second kappa shape index (κ2) is 5.21. The number of hydrogen-bond acceptors (Lipinski definition) is 4. The highest BCUT2D eigenvalue weighted by molar-refractivity contribution is 5.74. The van der Waals surface area contributed by atoms with Gasteiger partial charge in [0.2, 0.25) is 0 Å². The van der Waals surface area contributed by atoms with Gasteiger partial charge in [0.05, 0.1) is 7.11 Å². The Morgan fingerprint density at radius 2 is 2.21 bits per heavy atom. The van der Waals surface area contributed by atoms with E-state index in [2.05, 4.69) is 4.98 Å². The van der Waals surface area contributed by atoms with Crippen molar-refractivity contribution in [1.82, 2.24) is 4.98 Å². The van der Waals surface area contributed by atoms with Crippen molar-refractivity contribution in [3.8, 4) is 5.75 Å². The number of hydrogen-bond donors (Lipinski definition) is 1. The van der Waals surface area contributed by atoms with Crippen molar-refractivity contribution >= 4 is 11.1 Å². The summed E-state index contributed by atoms with van der Waals surface area (Å²) in [6.45, 7) is 0.715. The molecule has 0 radical (unpaired) electrons. The molecule has 0 saturated heterocycles. The van der Waals surface area contributed by atoms with Crippen molar-refractivity contribution in [2.75, 3.05) is 13.7 Å². The largest absolute Gasteiger partial charge is 0.497 e. The minimum atomic E-state index is 0.372. The number of rotatable bonds is 3. The average Bonchev–Trinajstić information content (AvgIpc) is 2.89. The molecule has 1 saturated carbocycles. The highest BCUT2D eigenvalue weighted by Crippen LogP contribution is 2.38. The Morgan fingerprint density at radius 1 is 1.37 bits per heavy atom. The molecule has 1 aliphatic rings. The zero-order valence-corrected chi connectivity index (χ0v) is 11.3. The number of methoxy groups -OCH3 is 1. The van der Waals surface area contributed by atoms with Gasteiger partial charge in [-0.2, -0.15) is 0 Å². The fraction of sp³-hybridized carbons (Fsp3) is 0.533. The molecule has 2 atom stereocenters. The van der Waals surface area contributed by atoms with Crippen molar-refractivity contribution in [2.45, 2.75) is 31.6 Å². The van der Waals surface area contributed by atoms with Crippen LogP contribution >= 0.6 is 0 Å². The smallest absolute Gasteiger partial charge is 0.198 e. The minimum absolute atomic E-state index is 0.372. The first-order valence-corrected chi connectivity index (χ1v) is 6.96. The molecular weight excluding hydrogens is 240 g/mol. The number of nitrogens with zero attached hydrogens (tertiary/aromatic N) is 1. The first-order chi connectivity index (χ1) is 9.31. The lowest BCUT2D eigenvalue weighted by atomic mass is 9.79. The molecule has 1 heterocycles. The summed E-state index contributed by atoms with van der Waals surface area (Å²) in [6, 6.07) is 5.74. The van der Waals surface area contributed by atoms with E-state index in [-0.39, 0.29) is 0 Å². The van der Waals surface area contributed by atoms with Crippen LogP contribution in [0.15, 0.2) is 22.6 Å². The van der Waals surface area contributed by atoms with E-state index in [9.17, 15) is 0 Å². The molecule has 2 N–H and O–H groups in total. The fourth-order valence-electron chi connectivity index (χ4n) is 3.03. The third-order valence-electron chi connectivity index (χ3n) is 4.14. The second-order valence-corrected chi connectivity index (χ2v) is 5.27. The maximum Gasteiger partial charge on any atom is 0.198 e. The Morgan fingerprint density at radius 3 is 3.00 bits per heavy atom. The van der Waals surface area contributed by atoms with E-state index in [4.69, 9.17) is 14.9 Å². The molecular formula is C15H20N2O2. The van der Waals surface area contributed by atoms with E-state index in [0.29, 0.717) is 18.4 Å². The number of benzene rings is 1. The van der Waals surface area contributed by atoms with E-state index in [1.807, 2.05) is 18.2 Å². The highest BCUT2D eigenvalue weighted by atomic mass is 16.5. The standard InChI is InChI=1S/C15H20N2O2/c1-18-11-6-7-14-13(8-11)17-15(19-14)12-5-3-2-4-10(12)9-16/h6-8,10,12H,2-5,9,16H2,1H3.